The topological polar surface area (TPSA) is 12.0 Å². The summed E-state index contributed by atoms with van der Waals surface area (Å²) in [4.78, 5) is 0. The standard InChI is InChI=1S/C9H10Cl2FN/c10-8-3-2-7(6-9(8)11)13-5-1-4-12/h2-3,6,13H,1,4-5H2. The fourth-order valence-corrected chi connectivity index (χ4v) is 1.20. The van der Waals surface area contributed by atoms with Gasteiger partial charge in [-0.2, -0.15) is 0 Å². The molecular formula is C9H10Cl2FN. The molecule has 0 saturated heterocycles. The first-order valence-corrected chi connectivity index (χ1v) is 4.74. The zero-order chi connectivity index (χ0) is 9.68. The number of nitrogens with one attached hydrogen (secondary N) is 1. The molecular weight excluding hydrogens is 212 g/mol. The number of benzene rings is 1. The summed E-state index contributed by atoms with van der Waals surface area (Å²) in [6.45, 7) is 0.294. The van der Waals surface area contributed by atoms with E-state index in [0.29, 0.717) is 23.0 Å². The van der Waals surface area contributed by atoms with Crippen molar-refractivity contribution in [1.29, 1.82) is 0 Å². The van der Waals surface area contributed by atoms with Crippen LogP contribution in [0.4, 0.5) is 10.1 Å². The Morgan fingerprint density at radius 2 is 2.00 bits per heavy atom. The lowest BCUT2D eigenvalue weighted by Crippen LogP contribution is -2.01. The molecule has 0 unspecified atom stereocenters. The number of alkyl halides is 1. The molecule has 0 aliphatic rings. The van der Waals surface area contributed by atoms with Crippen LogP contribution in [0, 0.1) is 0 Å². The van der Waals surface area contributed by atoms with Crippen molar-refractivity contribution < 1.29 is 4.39 Å². The van der Waals surface area contributed by atoms with Crippen LogP contribution in [-0.2, 0) is 0 Å². The maximum Gasteiger partial charge on any atom is 0.0911 e. The molecule has 0 heterocycles. The smallest absolute Gasteiger partial charge is 0.0911 e. The van der Waals surface area contributed by atoms with Crippen molar-refractivity contribution in [3.63, 3.8) is 0 Å². The van der Waals surface area contributed by atoms with E-state index in [1.807, 2.05) is 6.07 Å². The summed E-state index contributed by atoms with van der Waals surface area (Å²) in [7, 11) is 0. The third-order valence-electron chi connectivity index (χ3n) is 1.56. The first-order chi connectivity index (χ1) is 6.24. The predicted molar refractivity (Wildman–Crippen MR) is 55.5 cm³/mol. The van der Waals surface area contributed by atoms with Crippen molar-refractivity contribution in [2.45, 2.75) is 6.42 Å². The molecule has 0 atom stereocenters. The average Bonchev–Trinajstić information content (AvgIpc) is 2.12. The second kappa shape index (κ2) is 5.30. The molecule has 0 spiro atoms. The van der Waals surface area contributed by atoms with Crippen LogP contribution in [0.2, 0.25) is 10.0 Å². The third-order valence-corrected chi connectivity index (χ3v) is 2.30. The number of rotatable bonds is 4. The highest BCUT2D eigenvalue weighted by Gasteiger charge is 1.98. The van der Waals surface area contributed by atoms with E-state index in [0.717, 1.165) is 5.69 Å². The molecule has 0 aliphatic carbocycles. The van der Waals surface area contributed by atoms with Crippen LogP contribution < -0.4 is 5.32 Å². The molecule has 1 nitrogen and oxygen atoms in total. The van der Waals surface area contributed by atoms with Crippen molar-refractivity contribution in [3.05, 3.63) is 28.2 Å². The molecule has 0 aliphatic heterocycles. The van der Waals surface area contributed by atoms with Crippen LogP contribution in [0.1, 0.15) is 6.42 Å². The van der Waals surface area contributed by atoms with Crippen LogP contribution in [0.25, 0.3) is 0 Å². The van der Waals surface area contributed by atoms with E-state index in [1.54, 1.807) is 12.1 Å². The van der Waals surface area contributed by atoms with E-state index in [9.17, 15) is 4.39 Å². The lowest BCUT2D eigenvalue weighted by Gasteiger charge is -2.05. The third kappa shape index (κ3) is 3.41. The van der Waals surface area contributed by atoms with Gasteiger partial charge in [0, 0.05) is 12.2 Å². The first kappa shape index (κ1) is 10.6. The molecule has 0 radical (unpaired) electrons. The lowest BCUT2D eigenvalue weighted by molar-refractivity contribution is 0.481. The minimum atomic E-state index is -0.311. The van der Waals surface area contributed by atoms with Gasteiger partial charge in [0.1, 0.15) is 0 Å². The lowest BCUT2D eigenvalue weighted by atomic mass is 10.3. The normalized spacial score (nSPS) is 10.1. The van der Waals surface area contributed by atoms with Crippen molar-refractivity contribution >= 4 is 28.9 Å². The van der Waals surface area contributed by atoms with Gasteiger partial charge in [-0.1, -0.05) is 23.2 Å². The van der Waals surface area contributed by atoms with Gasteiger partial charge in [-0.15, -0.1) is 0 Å². The van der Waals surface area contributed by atoms with E-state index in [1.165, 1.54) is 0 Å². The molecule has 4 heteroatoms. The highest BCUT2D eigenvalue weighted by molar-refractivity contribution is 6.42. The molecule has 0 amide bonds. The summed E-state index contributed by atoms with van der Waals surface area (Å²) in [6, 6.07) is 5.25. The second-order valence-corrected chi connectivity index (χ2v) is 3.41. The Labute approximate surface area is 86.8 Å². The number of halogens is 3. The summed E-state index contributed by atoms with van der Waals surface area (Å²) < 4.78 is 11.8. The van der Waals surface area contributed by atoms with E-state index in [2.05, 4.69) is 5.32 Å². The van der Waals surface area contributed by atoms with Crippen LogP contribution in [0.3, 0.4) is 0 Å². The minimum absolute atomic E-state index is 0.311. The molecule has 0 aromatic heterocycles. The van der Waals surface area contributed by atoms with Crippen LogP contribution in [-0.4, -0.2) is 13.2 Å². The monoisotopic (exact) mass is 221 g/mol. The molecule has 1 rings (SSSR count). The van der Waals surface area contributed by atoms with E-state index in [4.69, 9.17) is 23.2 Å². The Kier molecular flexibility index (Phi) is 4.33. The molecule has 1 N–H and O–H groups in total. The molecule has 13 heavy (non-hydrogen) atoms. The Balaban J connectivity index is 2.53. The number of hydrogen-bond acceptors (Lipinski definition) is 1. The highest BCUT2D eigenvalue weighted by Crippen LogP contribution is 2.24. The Morgan fingerprint density at radius 1 is 1.23 bits per heavy atom. The summed E-state index contributed by atoms with van der Waals surface area (Å²) >= 11 is 11.5. The van der Waals surface area contributed by atoms with Gasteiger partial charge in [0.05, 0.1) is 16.7 Å². The summed E-state index contributed by atoms with van der Waals surface area (Å²) in [5.41, 5.74) is 0.864. The maximum absolute atomic E-state index is 11.8. The number of hydrogen-bond donors (Lipinski definition) is 1. The largest absolute Gasteiger partial charge is 0.385 e. The molecule has 1 aromatic carbocycles. The van der Waals surface area contributed by atoms with Crippen molar-refractivity contribution in [3.8, 4) is 0 Å². The summed E-state index contributed by atoms with van der Waals surface area (Å²) in [5.74, 6) is 0. The van der Waals surface area contributed by atoms with Gasteiger partial charge in [0.2, 0.25) is 0 Å². The Bertz CT molecular complexity index is 278. The van der Waals surface area contributed by atoms with Crippen molar-refractivity contribution in [2.75, 3.05) is 18.5 Å². The van der Waals surface area contributed by atoms with Gasteiger partial charge in [0.15, 0.2) is 0 Å². The molecule has 1 aromatic rings. The predicted octanol–water partition coefficient (Wildman–Crippen LogP) is 3.76. The van der Waals surface area contributed by atoms with Gasteiger partial charge in [-0.3, -0.25) is 4.39 Å². The van der Waals surface area contributed by atoms with Crippen LogP contribution >= 0.6 is 23.2 Å². The highest BCUT2D eigenvalue weighted by atomic mass is 35.5. The average molecular weight is 222 g/mol. The van der Waals surface area contributed by atoms with Gasteiger partial charge >= 0.3 is 0 Å². The second-order valence-electron chi connectivity index (χ2n) is 2.60. The van der Waals surface area contributed by atoms with E-state index >= 15 is 0 Å². The molecule has 0 fully saturated rings. The molecule has 0 bridgehead atoms. The SMILES string of the molecule is FCCCNc1ccc(Cl)c(Cl)c1. The van der Waals surface area contributed by atoms with Gasteiger partial charge in [-0.25, -0.2) is 0 Å². The minimum Gasteiger partial charge on any atom is -0.385 e. The van der Waals surface area contributed by atoms with Gasteiger partial charge in [-0.05, 0) is 24.6 Å². The molecule has 0 saturated carbocycles. The molecule has 72 valence electrons. The van der Waals surface area contributed by atoms with Crippen molar-refractivity contribution in [1.82, 2.24) is 0 Å². The van der Waals surface area contributed by atoms with Crippen LogP contribution in [0.15, 0.2) is 18.2 Å². The number of anilines is 1. The van der Waals surface area contributed by atoms with Crippen LogP contribution in [0.5, 0.6) is 0 Å². The Morgan fingerprint density at radius 3 is 2.62 bits per heavy atom. The zero-order valence-electron chi connectivity index (χ0n) is 6.99. The fraction of sp³-hybridized carbons (Fsp3) is 0.333. The van der Waals surface area contributed by atoms with E-state index in [-0.39, 0.29) is 6.67 Å². The summed E-state index contributed by atoms with van der Waals surface area (Å²) in [6.07, 6.45) is 0.500. The first-order valence-electron chi connectivity index (χ1n) is 3.99. The quantitative estimate of drug-likeness (QED) is 0.764. The van der Waals surface area contributed by atoms with Crippen molar-refractivity contribution in [2.24, 2.45) is 0 Å². The van der Waals surface area contributed by atoms with Gasteiger partial charge in [0.25, 0.3) is 0 Å². The zero-order valence-corrected chi connectivity index (χ0v) is 8.50. The maximum atomic E-state index is 11.8. The Hall–Kier alpha value is -0.470. The van der Waals surface area contributed by atoms with E-state index < -0.39 is 0 Å². The fourth-order valence-electron chi connectivity index (χ4n) is 0.906. The summed E-state index contributed by atoms with van der Waals surface area (Å²) in [5, 5.41) is 4.06. The van der Waals surface area contributed by atoms with Gasteiger partial charge < -0.3 is 5.32 Å².